The molecule has 4 heterocycles. The first-order valence-corrected chi connectivity index (χ1v) is 10.5. The summed E-state index contributed by atoms with van der Waals surface area (Å²) in [5.41, 5.74) is 2.85. The fraction of sp³-hybridized carbons (Fsp3) is 0.304. The lowest BCUT2D eigenvalue weighted by Crippen LogP contribution is -2.36. The van der Waals surface area contributed by atoms with Crippen molar-refractivity contribution < 1.29 is 19.4 Å². The minimum Gasteiger partial charge on any atom is -0.478 e. The smallest absolute Gasteiger partial charge is 0.335 e. The Hall–Kier alpha value is -3.72. The molecular weight excluding hydrogens is 412 g/mol. The summed E-state index contributed by atoms with van der Waals surface area (Å²) in [4.78, 5) is 45.0. The van der Waals surface area contributed by atoms with E-state index in [0.29, 0.717) is 49.7 Å². The first kappa shape index (κ1) is 20.2. The van der Waals surface area contributed by atoms with Gasteiger partial charge in [0.1, 0.15) is 5.82 Å². The maximum atomic E-state index is 12.8. The number of nitrogens with zero attached hydrogens (tertiary/aromatic N) is 3. The maximum absolute atomic E-state index is 12.8. The number of benzene rings is 1. The van der Waals surface area contributed by atoms with Gasteiger partial charge < -0.3 is 24.3 Å². The molecule has 0 radical (unpaired) electrons. The number of aromatic amines is 1. The zero-order valence-corrected chi connectivity index (χ0v) is 17.3. The quantitative estimate of drug-likeness (QED) is 0.613. The van der Waals surface area contributed by atoms with Gasteiger partial charge in [0.05, 0.1) is 35.8 Å². The molecule has 32 heavy (non-hydrogen) atoms. The maximum Gasteiger partial charge on any atom is 0.335 e. The molecule has 5 rings (SSSR count). The standard InChI is InChI=1S/C23H22N4O5/c28-21-3-1-2-17(25-21)14-6-8-26(22(29)11-14)13-20-24-18-5-4-15(23(30)31)10-19(18)27(20)12-16-7-9-32-16/h1-5,10-11,16H,6-9,12-13H2,(H,25,28)(H,30,31)/t16-/m0/s1. The first-order valence-electron chi connectivity index (χ1n) is 10.5. The van der Waals surface area contributed by atoms with Crippen molar-refractivity contribution in [3.05, 3.63) is 69.9 Å². The molecule has 3 aromatic rings. The number of aromatic carboxylic acids is 1. The van der Waals surface area contributed by atoms with Crippen molar-refractivity contribution in [2.45, 2.75) is 32.0 Å². The summed E-state index contributed by atoms with van der Waals surface area (Å²) in [6.07, 6.45) is 3.15. The summed E-state index contributed by atoms with van der Waals surface area (Å²) in [7, 11) is 0. The molecule has 2 aliphatic rings. The van der Waals surface area contributed by atoms with Crippen molar-refractivity contribution in [3.63, 3.8) is 0 Å². The Labute approximate surface area is 182 Å². The van der Waals surface area contributed by atoms with Crippen molar-refractivity contribution in [1.29, 1.82) is 0 Å². The Morgan fingerprint density at radius 2 is 2.09 bits per heavy atom. The van der Waals surface area contributed by atoms with E-state index in [1.165, 1.54) is 12.1 Å². The number of pyridine rings is 1. The fourth-order valence-corrected chi connectivity index (χ4v) is 4.12. The number of hydrogen-bond acceptors (Lipinski definition) is 5. The lowest BCUT2D eigenvalue weighted by molar-refractivity contribution is -0.127. The van der Waals surface area contributed by atoms with E-state index in [1.54, 1.807) is 35.2 Å². The lowest BCUT2D eigenvalue weighted by Gasteiger charge is -2.29. The van der Waals surface area contributed by atoms with E-state index >= 15 is 0 Å². The molecule has 0 spiro atoms. The van der Waals surface area contributed by atoms with E-state index in [-0.39, 0.29) is 23.1 Å². The van der Waals surface area contributed by atoms with Crippen LogP contribution in [0.1, 0.15) is 34.7 Å². The summed E-state index contributed by atoms with van der Waals surface area (Å²) < 4.78 is 7.55. The van der Waals surface area contributed by atoms with Crippen LogP contribution in [0.5, 0.6) is 0 Å². The topological polar surface area (TPSA) is 118 Å². The summed E-state index contributed by atoms with van der Waals surface area (Å²) in [6, 6.07) is 9.74. The first-order chi connectivity index (χ1) is 15.5. The Morgan fingerprint density at radius 1 is 1.25 bits per heavy atom. The Bertz CT molecular complexity index is 1300. The number of carboxylic acids is 1. The number of hydrogen-bond donors (Lipinski definition) is 2. The predicted octanol–water partition coefficient (Wildman–Crippen LogP) is 2.03. The number of fused-ring (bicyclic) bond motifs is 1. The Kier molecular flexibility index (Phi) is 5.10. The van der Waals surface area contributed by atoms with E-state index in [9.17, 15) is 19.5 Å². The average Bonchev–Trinajstić information content (AvgIpc) is 3.08. The second-order valence-corrected chi connectivity index (χ2v) is 8.04. The molecule has 9 heteroatoms. The summed E-state index contributed by atoms with van der Waals surface area (Å²) >= 11 is 0. The Morgan fingerprint density at radius 3 is 2.78 bits per heavy atom. The number of carboxylic acid groups (broad SMARTS) is 1. The Balaban J connectivity index is 1.44. The number of carbonyl (C=O) groups excluding carboxylic acids is 1. The molecule has 2 aromatic heterocycles. The van der Waals surface area contributed by atoms with Gasteiger partial charge in [0.15, 0.2) is 0 Å². The summed E-state index contributed by atoms with van der Waals surface area (Å²) in [5.74, 6) is -0.457. The monoisotopic (exact) mass is 434 g/mol. The molecular formula is C23H22N4O5. The number of ether oxygens (including phenoxy) is 1. The van der Waals surface area contributed by atoms with Gasteiger partial charge in [0.25, 0.3) is 0 Å². The highest BCUT2D eigenvalue weighted by molar-refractivity contribution is 5.96. The van der Waals surface area contributed by atoms with Crippen LogP contribution in [-0.4, -0.2) is 55.7 Å². The third-order valence-corrected chi connectivity index (χ3v) is 5.96. The molecule has 1 atom stereocenters. The van der Waals surface area contributed by atoms with E-state index in [4.69, 9.17) is 9.72 Å². The minimum atomic E-state index is -0.996. The number of imidazole rings is 1. The summed E-state index contributed by atoms with van der Waals surface area (Å²) in [5, 5.41) is 9.38. The summed E-state index contributed by atoms with van der Waals surface area (Å²) in [6.45, 7) is 2.07. The van der Waals surface area contributed by atoms with Crippen LogP contribution < -0.4 is 5.56 Å². The van der Waals surface area contributed by atoms with Crippen molar-refractivity contribution in [3.8, 4) is 0 Å². The second kappa shape index (κ2) is 8.08. The van der Waals surface area contributed by atoms with Crippen LogP contribution >= 0.6 is 0 Å². The van der Waals surface area contributed by atoms with Gasteiger partial charge >= 0.3 is 5.97 Å². The van der Waals surface area contributed by atoms with Crippen molar-refractivity contribution >= 4 is 28.5 Å². The SMILES string of the molecule is O=C(O)c1ccc2nc(CN3CCC(c4cccc(=O)[nH]4)=CC3=O)n(C[C@@H]3CCO3)c2c1. The zero-order valence-electron chi connectivity index (χ0n) is 17.3. The molecule has 2 aliphatic heterocycles. The van der Waals surface area contributed by atoms with Crippen LogP contribution in [0.2, 0.25) is 0 Å². The molecule has 1 saturated heterocycles. The zero-order chi connectivity index (χ0) is 22.2. The van der Waals surface area contributed by atoms with Crippen LogP contribution in [-0.2, 0) is 22.6 Å². The number of amides is 1. The highest BCUT2D eigenvalue weighted by Gasteiger charge is 2.26. The van der Waals surface area contributed by atoms with Gasteiger partial charge in [-0.3, -0.25) is 9.59 Å². The number of nitrogens with one attached hydrogen (secondary N) is 1. The molecule has 0 bridgehead atoms. The fourth-order valence-electron chi connectivity index (χ4n) is 4.12. The molecule has 0 unspecified atom stereocenters. The number of rotatable bonds is 6. The minimum absolute atomic E-state index is 0.0538. The normalized spacial score (nSPS) is 18.5. The molecule has 1 aromatic carbocycles. The molecule has 9 nitrogen and oxygen atoms in total. The second-order valence-electron chi connectivity index (χ2n) is 8.04. The van der Waals surface area contributed by atoms with E-state index in [0.717, 1.165) is 17.5 Å². The van der Waals surface area contributed by atoms with Crippen molar-refractivity contribution in [2.75, 3.05) is 13.2 Å². The van der Waals surface area contributed by atoms with Crippen LogP contribution in [0.3, 0.4) is 0 Å². The van der Waals surface area contributed by atoms with Crippen LogP contribution in [0.25, 0.3) is 16.6 Å². The van der Waals surface area contributed by atoms with Gasteiger partial charge in [-0.2, -0.15) is 0 Å². The highest BCUT2D eigenvalue weighted by Crippen LogP contribution is 2.25. The molecule has 1 amide bonds. The van der Waals surface area contributed by atoms with Gasteiger partial charge in [-0.25, -0.2) is 9.78 Å². The molecule has 1 fully saturated rings. The van der Waals surface area contributed by atoms with Gasteiger partial charge in [0.2, 0.25) is 11.5 Å². The van der Waals surface area contributed by atoms with Crippen LogP contribution in [0.4, 0.5) is 0 Å². The van der Waals surface area contributed by atoms with Crippen LogP contribution in [0, 0.1) is 0 Å². The number of H-pyrrole nitrogens is 1. The number of carbonyl (C=O) groups is 2. The molecule has 164 valence electrons. The third kappa shape index (κ3) is 3.82. The average molecular weight is 434 g/mol. The van der Waals surface area contributed by atoms with Crippen molar-refractivity contribution in [1.82, 2.24) is 19.4 Å². The molecule has 2 N–H and O–H groups in total. The van der Waals surface area contributed by atoms with Gasteiger partial charge in [-0.15, -0.1) is 0 Å². The third-order valence-electron chi connectivity index (χ3n) is 5.96. The van der Waals surface area contributed by atoms with Gasteiger partial charge in [0, 0.05) is 31.0 Å². The number of aromatic nitrogens is 3. The largest absolute Gasteiger partial charge is 0.478 e. The van der Waals surface area contributed by atoms with Crippen molar-refractivity contribution in [2.24, 2.45) is 0 Å². The highest BCUT2D eigenvalue weighted by atomic mass is 16.5. The van der Waals surface area contributed by atoms with E-state index in [1.807, 2.05) is 4.57 Å². The van der Waals surface area contributed by atoms with E-state index < -0.39 is 5.97 Å². The molecule has 0 saturated carbocycles. The lowest BCUT2D eigenvalue weighted by atomic mass is 10.0. The van der Waals surface area contributed by atoms with Gasteiger partial charge in [-0.05, 0) is 42.7 Å². The van der Waals surface area contributed by atoms with Gasteiger partial charge in [-0.1, -0.05) is 6.07 Å². The van der Waals surface area contributed by atoms with Crippen LogP contribution in [0.15, 0.2) is 47.3 Å². The van der Waals surface area contributed by atoms with E-state index in [2.05, 4.69) is 4.98 Å². The molecule has 0 aliphatic carbocycles. The predicted molar refractivity (Wildman–Crippen MR) is 116 cm³/mol.